The quantitative estimate of drug-likeness (QED) is 0.781. The first-order valence-corrected chi connectivity index (χ1v) is 7.08. The second-order valence-electron chi connectivity index (χ2n) is 3.56. The fraction of sp³-hybridized carbons (Fsp3) is 0.273. The van der Waals surface area contributed by atoms with E-state index in [1.54, 1.807) is 7.05 Å². The number of thiophene rings is 1. The Kier molecular flexibility index (Phi) is 4.29. The minimum Gasteiger partial charge on any atom is -0.387 e. The molecule has 0 fully saturated rings. The first-order chi connectivity index (χ1) is 8.70. The summed E-state index contributed by atoms with van der Waals surface area (Å²) in [6, 6.07) is 1.84. The molecule has 3 N–H and O–H groups in total. The highest BCUT2D eigenvalue weighted by Crippen LogP contribution is 2.18. The smallest absolute Gasteiger partial charge is 0.263 e. The molecule has 0 aliphatic heterocycles. The van der Waals surface area contributed by atoms with Crippen LogP contribution in [0.25, 0.3) is 0 Å². The van der Waals surface area contributed by atoms with Crippen LogP contribution in [0.15, 0.2) is 23.0 Å². The first-order valence-electron chi connectivity index (χ1n) is 5.32. The number of hydrogen-bond donors (Lipinski definition) is 3. The normalized spacial score (nSPS) is 12.1. The molecule has 0 aliphatic rings. The van der Waals surface area contributed by atoms with Gasteiger partial charge in [0, 0.05) is 13.6 Å². The van der Waals surface area contributed by atoms with Crippen LogP contribution in [0.1, 0.15) is 21.3 Å². The molecule has 1 amide bonds. The molecule has 7 heteroatoms. The minimum atomic E-state index is -0.670. The molecule has 2 aromatic heterocycles. The number of carbonyl (C=O) groups excluding carboxylic acids is 1. The molecule has 18 heavy (non-hydrogen) atoms. The number of aromatic nitrogens is 1. The van der Waals surface area contributed by atoms with Crippen molar-refractivity contribution in [3.05, 3.63) is 33.5 Å². The first kappa shape index (κ1) is 13.0. The Morgan fingerprint density at radius 1 is 1.61 bits per heavy atom. The fourth-order valence-electron chi connectivity index (χ4n) is 1.35. The molecule has 0 saturated carbocycles. The van der Waals surface area contributed by atoms with E-state index >= 15 is 0 Å². The standard InChI is InChI=1S/C11H13N3O2S2/c1-12-11-14-5-9(18-11)10(16)13-4-8(15)7-2-3-17-6-7/h2-3,5-6,8,15H,4H2,1H3,(H,12,14)(H,13,16). The zero-order valence-corrected chi connectivity index (χ0v) is 11.3. The molecule has 0 saturated heterocycles. The van der Waals surface area contributed by atoms with Crippen molar-refractivity contribution < 1.29 is 9.90 Å². The van der Waals surface area contributed by atoms with Gasteiger partial charge in [0.1, 0.15) is 4.88 Å². The highest BCUT2D eigenvalue weighted by molar-refractivity contribution is 7.17. The van der Waals surface area contributed by atoms with Crippen LogP contribution in [0.5, 0.6) is 0 Å². The second kappa shape index (κ2) is 5.94. The summed E-state index contributed by atoms with van der Waals surface area (Å²) in [6.45, 7) is 0.197. The maximum atomic E-state index is 11.8. The predicted molar refractivity (Wildman–Crippen MR) is 73.3 cm³/mol. The molecule has 0 bridgehead atoms. The van der Waals surface area contributed by atoms with E-state index in [2.05, 4.69) is 15.6 Å². The van der Waals surface area contributed by atoms with Crippen molar-refractivity contribution in [3.8, 4) is 0 Å². The van der Waals surface area contributed by atoms with Crippen LogP contribution in [0.3, 0.4) is 0 Å². The van der Waals surface area contributed by atoms with Crippen LogP contribution in [-0.2, 0) is 0 Å². The van der Waals surface area contributed by atoms with E-state index in [4.69, 9.17) is 0 Å². The van der Waals surface area contributed by atoms with Crippen molar-refractivity contribution in [1.29, 1.82) is 0 Å². The molecule has 2 aromatic rings. The average Bonchev–Trinajstić information content (AvgIpc) is 3.05. The number of nitrogens with zero attached hydrogens (tertiary/aromatic N) is 1. The van der Waals surface area contributed by atoms with Gasteiger partial charge in [0.25, 0.3) is 5.91 Å². The summed E-state index contributed by atoms with van der Waals surface area (Å²) in [5.41, 5.74) is 0.820. The molecule has 0 spiro atoms. The summed E-state index contributed by atoms with van der Waals surface area (Å²) in [4.78, 5) is 16.3. The molecule has 1 atom stereocenters. The van der Waals surface area contributed by atoms with Crippen LogP contribution in [0.2, 0.25) is 0 Å². The topological polar surface area (TPSA) is 74.2 Å². The number of nitrogens with one attached hydrogen (secondary N) is 2. The molecule has 0 aromatic carbocycles. The van der Waals surface area contributed by atoms with Gasteiger partial charge in [0.2, 0.25) is 0 Å². The third kappa shape index (κ3) is 3.06. The number of hydrogen-bond acceptors (Lipinski definition) is 6. The number of rotatable bonds is 5. The number of aliphatic hydroxyl groups is 1. The monoisotopic (exact) mass is 283 g/mol. The van der Waals surface area contributed by atoms with Crippen molar-refractivity contribution in [2.45, 2.75) is 6.10 Å². The van der Waals surface area contributed by atoms with Crippen LogP contribution in [0, 0.1) is 0 Å². The molecule has 5 nitrogen and oxygen atoms in total. The highest BCUT2D eigenvalue weighted by Gasteiger charge is 2.13. The Balaban J connectivity index is 1.88. The Labute approximate surface area is 113 Å². The van der Waals surface area contributed by atoms with Gasteiger partial charge in [-0.1, -0.05) is 11.3 Å². The number of thiazole rings is 1. The van der Waals surface area contributed by atoms with Crippen LogP contribution in [0.4, 0.5) is 5.13 Å². The van der Waals surface area contributed by atoms with Gasteiger partial charge in [-0.15, -0.1) is 0 Å². The third-order valence-electron chi connectivity index (χ3n) is 2.33. The Morgan fingerprint density at radius 2 is 2.44 bits per heavy atom. The van der Waals surface area contributed by atoms with Crippen molar-refractivity contribution in [1.82, 2.24) is 10.3 Å². The van der Waals surface area contributed by atoms with Crippen molar-refractivity contribution in [2.24, 2.45) is 0 Å². The molecule has 2 rings (SSSR count). The van der Waals surface area contributed by atoms with E-state index in [1.807, 2.05) is 16.8 Å². The lowest BCUT2D eigenvalue weighted by Gasteiger charge is -2.09. The molecular weight excluding hydrogens is 270 g/mol. The lowest BCUT2D eigenvalue weighted by molar-refractivity contribution is 0.0920. The Bertz CT molecular complexity index is 510. The number of carbonyl (C=O) groups is 1. The van der Waals surface area contributed by atoms with Gasteiger partial charge < -0.3 is 15.7 Å². The summed E-state index contributed by atoms with van der Waals surface area (Å²) in [5, 5.41) is 19.8. The SMILES string of the molecule is CNc1ncc(C(=O)NCC(O)c2ccsc2)s1. The zero-order chi connectivity index (χ0) is 13.0. The summed E-state index contributed by atoms with van der Waals surface area (Å²) in [7, 11) is 1.75. The van der Waals surface area contributed by atoms with Crippen LogP contribution < -0.4 is 10.6 Å². The molecule has 96 valence electrons. The summed E-state index contributed by atoms with van der Waals surface area (Å²) in [6.07, 6.45) is 0.847. The van der Waals surface area contributed by atoms with E-state index in [9.17, 15) is 9.90 Å². The van der Waals surface area contributed by atoms with Gasteiger partial charge in [-0.2, -0.15) is 11.3 Å². The summed E-state index contributed by atoms with van der Waals surface area (Å²) in [5.74, 6) is -0.219. The number of anilines is 1. The Morgan fingerprint density at radius 3 is 3.06 bits per heavy atom. The number of amides is 1. The van der Waals surface area contributed by atoms with E-state index in [-0.39, 0.29) is 12.5 Å². The van der Waals surface area contributed by atoms with Crippen LogP contribution in [-0.4, -0.2) is 29.6 Å². The van der Waals surface area contributed by atoms with E-state index in [1.165, 1.54) is 28.9 Å². The van der Waals surface area contributed by atoms with Gasteiger partial charge >= 0.3 is 0 Å². The van der Waals surface area contributed by atoms with E-state index in [0.29, 0.717) is 10.0 Å². The van der Waals surface area contributed by atoms with E-state index in [0.717, 1.165) is 5.56 Å². The van der Waals surface area contributed by atoms with Gasteiger partial charge in [0.05, 0.1) is 12.3 Å². The predicted octanol–water partition coefficient (Wildman–Crippen LogP) is 1.71. The molecule has 1 unspecified atom stereocenters. The largest absolute Gasteiger partial charge is 0.387 e. The van der Waals surface area contributed by atoms with Crippen molar-refractivity contribution in [3.63, 3.8) is 0 Å². The zero-order valence-electron chi connectivity index (χ0n) is 9.71. The van der Waals surface area contributed by atoms with Crippen molar-refractivity contribution >= 4 is 33.7 Å². The minimum absolute atomic E-state index is 0.197. The fourth-order valence-corrected chi connectivity index (χ4v) is 2.75. The second-order valence-corrected chi connectivity index (χ2v) is 5.37. The van der Waals surface area contributed by atoms with Crippen molar-refractivity contribution in [2.75, 3.05) is 18.9 Å². The summed E-state index contributed by atoms with van der Waals surface area (Å²) < 4.78 is 0. The lowest BCUT2D eigenvalue weighted by Crippen LogP contribution is -2.27. The molecule has 0 radical (unpaired) electrons. The van der Waals surface area contributed by atoms with Gasteiger partial charge in [-0.25, -0.2) is 4.98 Å². The average molecular weight is 283 g/mol. The van der Waals surface area contributed by atoms with E-state index < -0.39 is 6.10 Å². The highest BCUT2D eigenvalue weighted by atomic mass is 32.1. The Hall–Kier alpha value is -1.44. The van der Waals surface area contributed by atoms with Gasteiger partial charge in [-0.3, -0.25) is 4.79 Å². The molecule has 2 heterocycles. The number of aliphatic hydroxyl groups excluding tert-OH is 1. The van der Waals surface area contributed by atoms with Gasteiger partial charge in [-0.05, 0) is 22.4 Å². The van der Waals surface area contributed by atoms with Crippen LogP contribution >= 0.6 is 22.7 Å². The third-order valence-corrected chi connectivity index (χ3v) is 4.04. The maximum Gasteiger partial charge on any atom is 0.263 e. The summed E-state index contributed by atoms with van der Waals surface area (Å²) >= 11 is 2.79. The molecule has 0 aliphatic carbocycles. The maximum absolute atomic E-state index is 11.8. The molecular formula is C11H13N3O2S2. The lowest BCUT2D eigenvalue weighted by atomic mass is 10.2. The van der Waals surface area contributed by atoms with Gasteiger partial charge in [0.15, 0.2) is 5.13 Å².